The maximum Gasteiger partial charge on any atom is 0.161 e. The Kier molecular flexibility index (Phi) is 5.73. The van der Waals surface area contributed by atoms with E-state index in [1.807, 2.05) is 24.4 Å². The van der Waals surface area contributed by atoms with E-state index in [2.05, 4.69) is 11.9 Å². The minimum atomic E-state index is 0.727. The fraction of sp³-hybridized carbons (Fsp3) is 0.562. The molecule has 1 aromatic carbocycles. The van der Waals surface area contributed by atoms with Crippen LogP contribution in [0.5, 0.6) is 11.5 Å². The van der Waals surface area contributed by atoms with Crippen molar-refractivity contribution in [3.63, 3.8) is 0 Å². The predicted molar refractivity (Wildman–Crippen MR) is 78.7 cm³/mol. The SMILES string of the molecule is CCCCCCN=Cc1ccc2c(c1)OCCCO2. The molecule has 0 saturated heterocycles. The highest BCUT2D eigenvalue weighted by Crippen LogP contribution is 2.29. The van der Waals surface area contributed by atoms with Crippen LogP contribution in [0, 0.1) is 0 Å². The largest absolute Gasteiger partial charge is 0.490 e. The molecule has 19 heavy (non-hydrogen) atoms. The molecule has 3 nitrogen and oxygen atoms in total. The number of hydrogen-bond acceptors (Lipinski definition) is 3. The van der Waals surface area contributed by atoms with Gasteiger partial charge in [0.2, 0.25) is 0 Å². The Hall–Kier alpha value is -1.51. The Morgan fingerprint density at radius 2 is 1.95 bits per heavy atom. The lowest BCUT2D eigenvalue weighted by Gasteiger charge is -2.07. The van der Waals surface area contributed by atoms with Crippen LogP contribution in [-0.4, -0.2) is 26.0 Å². The first kappa shape index (κ1) is 13.9. The van der Waals surface area contributed by atoms with Crippen LogP contribution in [0.4, 0.5) is 0 Å². The summed E-state index contributed by atoms with van der Waals surface area (Å²) in [4.78, 5) is 4.46. The predicted octanol–water partition coefficient (Wildman–Crippen LogP) is 3.85. The molecule has 0 fully saturated rings. The molecule has 1 aliphatic heterocycles. The second-order valence-electron chi connectivity index (χ2n) is 4.85. The average Bonchev–Trinajstić information content (AvgIpc) is 2.67. The van der Waals surface area contributed by atoms with Crippen molar-refractivity contribution < 1.29 is 9.47 Å². The molecule has 0 radical (unpaired) electrons. The summed E-state index contributed by atoms with van der Waals surface area (Å²) in [6, 6.07) is 6.01. The van der Waals surface area contributed by atoms with Gasteiger partial charge >= 0.3 is 0 Å². The summed E-state index contributed by atoms with van der Waals surface area (Å²) in [7, 11) is 0. The van der Waals surface area contributed by atoms with Crippen LogP contribution < -0.4 is 9.47 Å². The minimum absolute atomic E-state index is 0.727. The van der Waals surface area contributed by atoms with Crippen molar-refractivity contribution in [2.24, 2.45) is 4.99 Å². The van der Waals surface area contributed by atoms with Crippen molar-refractivity contribution in [3.05, 3.63) is 23.8 Å². The zero-order chi connectivity index (χ0) is 13.3. The first-order valence-corrected chi connectivity index (χ1v) is 7.29. The molecular weight excluding hydrogens is 238 g/mol. The van der Waals surface area contributed by atoms with E-state index in [9.17, 15) is 0 Å². The fourth-order valence-electron chi connectivity index (χ4n) is 2.06. The molecule has 0 unspecified atom stereocenters. The maximum atomic E-state index is 5.66. The van der Waals surface area contributed by atoms with Crippen LogP contribution in [0.25, 0.3) is 0 Å². The third-order valence-electron chi connectivity index (χ3n) is 3.15. The second kappa shape index (κ2) is 7.82. The normalized spacial score (nSPS) is 14.6. The van der Waals surface area contributed by atoms with Gasteiger partial charge in [-0.3, -0.25) is 4.99 Å². The zero-order valence-corrected chi connectivity index (χ0v) is 11.7. The quantitative estimate of drug-likeness (QED) is 0.575. The van der Waals surface area contributed by atoms with Gasteiger partial charge in [-0.15, -0.1) is 0 Å². The molecule has 0 aliphatic carbocycles. The van der Waals surface area contributed by atoms with Crippen molar-refractivity contribution in [2.75, 3.05) is 19.8 Å². The minimum Gasteiger partial charge on any atom is -0.490 e. The first-order valence-electron chi connectivity index (χ1n) is 7.29. The van der Waals surface area contributed by atoms with Gasteiger partial charge in [-0.05, 0) is 30.2 Å². The molecule has 0 aromatic heterocycles. The highest BCUT2D eigenvalue weighted by atomic mass is 16.5. The fourth-order valence-corrected chi connectivity index (χ4v) is 2.06. The molecule has 0 bridgehead atoms. The summed E-state index contributed by atoms with van der Waals surface area (Å²) in [5.74, 6) is 1.69. The van der Waals surface area contributed by atoms with Gasteiger partial charge in [0.15, 0.2) is 11.5 Å². The van der Waals surface area contributed by atoms with Gasteiger partial charge in [0.25, 0.3) is 0 Å². The highest BCUT2D eigenvalue weighted by Gasteiger charge is 2.09. The average molecular weight is 261 g/mol. The van der Waals surface area contributed by atoms with Crippen LogP contribution in [0.3, 0.4) is 0 Å². The van der Waals surface area contributed by atoms with Gasteiger partial charge in [0, 0.05) is 19.2 Å². The summed E-state index contributed by atoms with van der Waals surface area (Å²) in [5, 5.41) is 0. The summed E-state index contributed by atoms with van der Waals surface area (Å²) in [5.41, 5.74) is 1.08. The van der Waals surface area contributed by atoms with Crippen molar-refractivity contribution in [1.82, 2.24) is 0 Å². The first-order chi connectivity index (χ1) is 9.40. The Morgan fingerprint density at radius 1 is 1.11 bits per heavy atom. The van der Waals surface area contributed by atoms with Gasteiger partial charge in [0.05, 0.1) is 13.2 Å². The molecule has 1 aromatic rings. The Labute approximate surface area is 115 Å². The third-order valence-corrected chi connectivity index (χ3v) is 3.15. The van der Waals surface area contributed by atoms with Crippen molar-refractivity contribution in [2.45, 2.75) is 39.0 Å². The molecule has 0 N–H and O–H groups in total. The molecule has 0 spiro atoms. The number of hydrogen-bond donors (Lipinski definition) is 0. The van der Waals surface area contributed by atoms with E-state index >= 15 is 0 Å². The van der Waals surface area contributed by atoms with Crippen LogP contribution >= 0.6 is 0 Å². The number of fused-ring (bicyclic) bond motifs is 1. The lowest BCUT2D eigenvalue weighted by atomic mass is 10.2. The molecule has 0 amide bonds. The second-order valence-corrected chi connectivity index (χ2v) is 4.85. The van der Waals surface area contributed by atoms with Gasteiger partial charge < -0.3 is 9.47 Å². The van der Waals surface area contributed by atoms with Crippen molar-refractivity contribution in [3.8, 4) is 11.5 Å². The molecular formula is C16H23NO2. The Morgan fingerprint density at radius 3 is 2.79 bits per heavy atom. The number of rotatable bonds is 6. The van der Waals surface area contributed by atoms with Crippen LogP contribution in [0.1, 0.15) is 44.6 Å². The Bertz CT molecular complexity index is 415. The topological polar surface area (TPSA) is 30.8 Å². The van der Waals surface area contributed by atoms with Crippen LogP contribution in [0.2, 0.25) is 0 Å². The van der Waals surface area contributed by atoms with E-state index in [0.717, 1.165) is 43.2 Å². The number of ether oxygens (including phenoxy) is 2. The van der Waals surface area contributed by atoms with Crippen LogP contribution in [-0.2, 0) is 0 Å². The summed E-state index contributed by atoms with van der Waals surface area (Å²) in [6.45, 7) is 4.60. The number of unbranched alkanes of at least 4 members (excludes halogenated alkanes) is 3. The lowest BCUT2D eigenvalue weighted by Crippen LogP contribution is -1.97. The Balaban J connectivity index is 1.87. The molecule has 1 aliphatic rings. The summed E-state index contributed by atoms with van der Waals surface area (Å²) < 4.78 is 11.3. The van der Waals surface area contributed by atoms with E-state index in [1.54, 1.807) is 0 Å². The molecule has 1 heterocycles. The third kappa shape index (κ3) is 4.58. The van der Waals surface area contributed by atoms with E-state index in [-0.39, 0.29) is 0 Å². The zero-order valence-electron chi connectivity index (χ0n) is 11.7. The highest BCUT2D eigenvalue weighted by molar-refractivity contribution is 5.80. The maximum absolute atomic E-state index is 5.66. The monoisotopic (exact) mass is 261 g/mol. The lowest BCUT2D eigenvalue weighted by molar-refractivity contribution is 0.297. The number of aliphatic imine (C=N–C) groups is 1. The molecule has 104 valence electrons. The van der Waals surface area contributed by atoms with Gasteiger partial charge in [-0.25, -0.2) is 0 Å². The molecule has 3 heteroatoms. The molecule has 0 saturated carbocycles. The van der Waals surface area contributed by atoms with Crippen LogP contribution in [0.15, 0.2) is 23.2 Å². The molecule has 2 rings (SSSR count). The van der Waals surface area contributed by atoms with E-state index in [4.69, 9.17) is 9.47 Å². The van der Waals surface area contributed by atoms with Gasteiger partial charge in [-0.1, -0.05) is 26.2 Å². The number of nitrogens with zero attached hydrogens (tertiary/aromatic N) is 1. The summed E-state index contributed by atoms with van der Waals surface area (Å²) in [6.07, 6.45) is 7.89. The van der Waals surface area contributed by atoms with Crippen molar-refractivity contribution >= 4 is 6.21 Å². The smallest absolute Gasteiger partial charge is 0.161 e. The van der Waals surface area contributed by atoms with E-state index < -0.39 is 0 Å². The van der Waals surface area contributed by atoms with E-state index in [1.165, 1.54) is 25.7 Å². The molecule has 0 atom stereocenters. The van der Waals surface area contributed by atoms with E-state index in [0.29, 0.717) is 0 Å². The van der Waals surface area contributed by atoms with Gasteiger partial charge in [-0.2, -0.15) is 0 Å². The van der Waals surface area contributed by atoms with Crippen molar-refractivity contribution in [1.29, 1.82) is 0 Å². The standard InChI is InChI=1S/C16H23NO2/c1-2-3-4-5-9-17-13-14-7-8-15-16(12-14)19-11-6-10-18-15/h7-8,12-13H,2-6,9-11H2,1H3. The summed E-state index contributed by atoms with van der Waals surface area (Å²) >= 11 is 0. The number of benzene rings is 1. The van der Waals surface area contributed by atoms with Gasteiger partial charge in [0.1, 0.15) is 0 Å².